The summed E-state index contributed by atoms with van der Waals surface area (Å²) in [5, 5.41) is 3.26. The number of sulfonamides is 1. The van der Waals surface area contributed by atoms with Crippen molar-refractivity contribution in [3.8, 4) is 0 Å². The molecule has 0 amide bonds. The summed E-state index contributed by atoms with van der Waals surface area (Å²) < 4.78 is 25.4. The number of nitrogens with two attached hydrogens (primary N) is 1. The van der Waals surface area contributed by atoms with E-state index in [2.05, 4.69) is 19.2 Å². The number of nitrogens with zero attached hydrogens (tertiary/aromatic N) is 1. The third kappa shape index (κ3) is 3.86. The average molecular weight is 299 g/mol. The molecular weight excluding hydrogens is 274 g/mol. The van der Waals surface area contributed by atoms with Gasteiger partial charge in [0.15, 0.2) is 0 Å². The zero-order valence-corrected chi connectivity index (χ0v) is 13.5. The lowest BCUT2D eigenvalue weighted by Crippen LogP contribution is -2.22. The fourth-order valence-electron chi connectivity index (χ4n) is 1.89. The Morgan fingerprint density at radius 2 is 1.85 bits per heavy atom. The maximum atomic E-state index is 12.1. The van der Waals surface area contributed by atoms with Crippen LogP contribution in [-0.4, -0.2) is 33.4 Å². The smallest absolute Gasteiger partial charge is 0.242 e. The standard InChI is InChI=1S/C14H25N3O2S/c1-5-11(6-2)10-16-14-9-12(7-8-13(14)15)20(18,19)17(3)4/h7-9,11,16H,5-6,10,15H2,1-4H3. The predicted molar refractivity (Wildman–Crippen MR) is 84.3 cm³/mol. The van der Waals surface area contributed by atoms with Gasteiger partial charge in [-0.3, -0.25) is 0 Å². The van der Waals surface area contributed by atoms with E-state index >= 15 is 0 Å². The summed E-state index contributed by atoms with van der Waals surface area (Å²) in [5.74, 6) is 0.559. The van der Waals surface area contributed by atoms with Crippen LogP contribution in [0.5, 0.6) is 0 Å². The minimum absolute atomic E-state index is 0.253. The van der Waals surface area contributed by atoms with Gasteiger partial charge in [0.25, 0.3) is 0 Å². The molecule has 0 saturated heterocycles. The number of benzene rings is 1. The first-order chi connectivity index (χ1) is 9.32. The van der Waals surface area contributed by atoms with Gasteiger partial charge in [0.2, 0.25) is 10.0 Å². The number of hydrogen-bond acceptors (Lipinski definition) is 4. The fourth-order valence-corrected chi connectivity index (χ4v) is 2.82. The van der Waals surface area contributed by atoms with Crippen molar-refractivity contribution >= 4 is 21.4 Å². The van der Waals surface area contributed by atoms with Crippen LogP contribution in [0.25, 0.3) is 0 Å². The number of rotatable bonds is 7. The van der Waals surface area contributed by atoms with E-state index in [1.807, 2.05) is 0 Å². The summed E-state index contributed by atoms with van der Waals surface area (Å²) in [4.78, 5) is 0.253. The average Bonchev–Trinajstić information content (AvgIpc) is 2.41. The largest absolute Gasteiger partial charge is 0.397 e. The van der Waals surface area contributed by atoms with Gasteiger partial charge in [0.05, 0.1) is 16.3 Å². The van der Waals surface area contributed by atoms with E-state index < -0.39 is 10.0 Å². The second-order valence-electron chi connectivity index (χ2n) is 5.10. The predicted octanol–water partition coefficient (Wildman–Crippen LogP) is 2.37. The highest BCUT2D eigenvalue weighted by Crippen LogP contribution is 2.25. The monoisotopic (exact) mass is 299 g/mol. The SMILES string of the molecule is CCC(CC)CNc1cc(S(=O)(=O)N(C)C)ccc1N. The van der Waals surface area contributed by atoms with E-state index in [4.69, 9.17) is 5.73 Å². The van der Waals surface area contributed by atoms with E-state index in [-0.39, 0.29) is 4.90 Å². The lowest BCUT2D eigenvalue weighted by atomic mass is 10.0. The maximum absolute atomic E-state index is 12.1. The van der Waals surface area contributed by atoms with Crippen molar-refractivity contribution in [1.29, 1.82) is 0 Å². The Hall–Kier alpha value is -1.27. The van der Waals surface area contributed by atoms with E-state index in [1.165, 1.54) is 24.5 Å². The first kappa shape index (κ1) is 16.8. The van der Waals surface area contributed by atoms with Crippen LogP contribution in [0.1, 0.15) is 26.7 Å². The van der Waals surface area contributed by atoms with Crippen LogP contribution in [0, 0.1) is 5.92 Å². The minimum Gasteiger partial charge on any atom is -0.397 e. The molecular formula is C14H25N3O2S. The molecule has 3 N–H and O–H groups in total. The fraction of sp³-hybridized carbons (Fsp3) is 0.571. The van der Waals surface area contributed by atoms with Crippen molar-refractivity contribution < 1.29 is 8.42 Å². The van der Waals surface area contributed by atoms with Gasteiger partial charge in [-0.2, -0.15) is 0 Å². The maximum Gasteiger partial charge on any atom is 0.242 e. The van der Waals surface area contributed by atoms with Crippen molar-refractivity contribution in [2.24, 2.45) is 5.92 Å². The van der Waals surface area contributed by atoms with Crippen LogP contribution in [0.4, 0.5) is 11.4 Å². The van der Waals surface area contributed by atoms with Crippen molar-refractivity contribution in [3.63, 3.8) is 0 Å². The molecule has 0 aliphatic carbocycles. The molecule has 0 atom stereocenters. The first-order valence-corrected chi connectivity index (χ1v) is 8.32. The van der Waals surface area contributed by atoms with Crippen LogP contribution >= 0.6 is 0 Å². The van der Waals surface area contributed by atoms with Crippen molar-refractivity contribution in [2.75, 3.05) is 31.7 Å². The van der Waals surface area contributed by atoms with Crippen LogP contribution in [0.2, 0.25) is 0 Å². The summed E-state index contributed by atoms with van der Waals surface area (Å²) in [6.07, 6.45) is 2.16. The quantitative estimate of drug-likeness (QED) is 0.758. The molecule has 114 valence electrons. The first-order valence-electron chi connectivity index (χ1n) is 6.88. The molecule has 6 heteroatoms. The van der Waals surface area contributed by atoms with Gasteiger partial charge < -0.3 is 11.1 Å². The topological polar surface area (TPSA) is 75.4 Å². The van der Waals surface area contributed by atoms with Crippen molar-refractivity contribution in [1.82, 2.24) is 4.31 Å². The second-order valence-corrected chi connectivity index (χ2v) is 7.25. The van der Waals surface area contributed by atoms with Gasteiger partial charge in [-0.05, 0) is 24.1 Å². The molecule has 0 aliphatic heterocycles. The summed E-state index contributed by atoms with van der Waals surface area (Å²) in [7, 11) is -0.394. The van der Waals surface area contributed by atoms with Crippen molar-refractivity contribution in [2.45, 2.75) is 31.6 Å². The molecule has 0 fully saturated rings. The molecule has 0 heterocycles. The zero-order valence-electron chi connectivity index (χ0n) is 12.7. The molecule has 0 unspecified atom stereocenters. The van der Waals surface area contributed by atoms with E-state index in [0.717, 1.165) is 19.4 Å². The molecule has 0 bridgehead atoms. The van der Waals surface area contributed by atoms with Crippen molar-refractivity contribution in [3.05, 3.63) is 18.2 Å². The Morgan fingerprint density at radius 1 is 1.25 bits per heavy atom. The van der Waals surface area contributed by atoms with Gasteiger partial charge in [0, 0.05) is 20.6 Å². The third-order valence-electron chi connectivity index (χ3n) is 3.54. The highest BCUT2D eigenvalue weighted by atomic mass is 32.2. The van der Waals surface area contributed by atoms with E-state index in [9.17, 15) is 8.42 Å². The molecule has 1 aromatic carbocycles. The molecule has 5 nitrogen and oxygen atoms in total. The molecule has 1 aromatic rings. The van der Waals surface area contributed by atoms with Gasteiger partial charge in [-0.25, -0.2) is 12.7 Å². The van der Waals surface area contributed by atoms with Gasteiger partial charge in [0.1, 0.15) is 0 Å². The summed E-state index contributed by atoms with van der Waals surface area (Å²) in [6, 6.07) is 4.77. The van der Waals surface area contributed by atoms with Gasteiger partial charge in [-0.15, -0.1) is 0 Å². The lowest BCUT2D eigenvalue weighted by Gasteiger charge is -2.17. The van der Waals surface area contributed by atoms with Crippen LogP contribution in [0.3, 0.4) is 0 Å². The molecule has 0 aliphatic rings. The molecule has 0 spiro atoms. The Bertz CT molecular complexity index is 537. The minimum atomic E-state index is -3.43. The summed E-state index contributed by atoms with van der Waals surface area (Å²) >= 11 is 0. The van der Waals surface area contributed by atoms with Crippen LogP contribution < -0.4 is 11.1 Å². The lowest BCUT2D eigenvalue weighted by molar-refractivity contribution is 0.518. The Balaban J connectivity index is 2.98. The third-order valence-corrected chi connectivity index (χ3v) is 5.35. The Kier molecular flexibility index (Phi) is 5.83. The molecule has 20 heavy (non-hydrogen) atoms. The molecule has 0 aromatic heterocycles. The second kappa shape index (κ2) is 6.95. The molecule has 1 rings (SSSR count). The van der Waals surface area contributed by atoms with E-state index in [1.54, 1.807) is 12.1 Å². The molecule has 0 radical (unpaired) electrons. The normalized spacial score (nSPS) is 12.1. The number of anilines is 2. The van der Waals surface area contributed by atoms with Crippen LogP contribution in [-0.2, 0) is 10.0 Å². The Labute approximate surface area is 122 Å². The zero-order chi connectivity index (χ0) is 15.3. The summed E-state index contributed by atoms with van der Waals surface area (Å²) in [6.45, 7) is 5.08. The number of nitrogens with one attached hydrogen (secondary N) is 1. The molecule has 0 saturated carbocycles. The summed E-state index contributed by atoms with van der Waals surface area (Å²) in [5.41, 5.74) is 7.15. The highest BCUT2D eigenvalue weighted by molar-refractivity contribution is 7.89. The highest BCUT2D eigenvalue weighted by Gasteiger charge is 2.18. The van der Waals surface area contributed by atoms with Gasteiger partial charge >= 0.3 is 0 Å². The Morgan fingerprint density at radius 3 is 2.35 bits per heavy atom. The number of nitrogen functional groups attached to an aromatic ring is 1. The van der Waals surface area contributed by atoms with Crippen LogP contribution in [0.15, 0.2) is 23.1 Å². The number of hydrogen-bond donors (Lipinski definition) is 2. The van der Waals surface area contributed by atoms with E-state index in [0.29, 0.717) is 17.3 Å². The van der Waals surface area contributed by atoms with Gasteiger partial charge in [-0.1, -0.05) is 26.7 Å².